The van der Waals surface area contributed by atoms with Crippen LogP contribution in [0.1, 0.15) is 30.3 Å². The van der Waals surface area contributed by atoms with Crippen molar-refractivity contribution in [2.24, 2.45) is 0 Å². The van der Waals surface area contributed by atoms with Gasteiger partial charge in [-0.3, -0.25) is 0 Å². The first-order chi connectivity index (χ1) is 14.7. The summed E-state index contributed by atoms with van der Waals surface area (Å²) in [6, 6.07) is 5.51. The second-order valence-corrected chi connectivity index (χ2v) is 7.17. The van der Waals surface area contributed by atoms with Gasteiger partial charge in [0, 0.05) is 29.6 Å². The van der Waals surface area contributed by atoms with Gasteiger partial charge in [0.15, 0.2) is 5.65 Å². The summed E-state index contributed by atoms with van der Waals surface area (Å²) in [4.78, 5) is 8.49. The molecule has 5 rings (SSSR count). The molecular formula is C19H21N7O2. The first-order valence-electron chi connectivity index (χ1n) is 10.6. The number of anilines is 1. The Morgan fingerprint density at radius 3 is 3.07 bits per heavy atom. The van der Waals surface area contributed by atoms with Gasteiger partial charge in [0.25, 0.3) is 0 Å². The molecule has 0 radical (unpaired) electrons. The Kier molecular flexibility index (Phi) is 3.06. The summed E-state index contributed by atoms with van der Waals surface area (Å²) in [5.74, 6) is 0.185. The fourth-order valence-electron chi connectivity index (χ4n) is 3.76. The van der Waals surface area contributed by atoms with Crippen LogP contribution in [0.4, 0.5) is 5.95 Å². The van der Waals surface area contributed by atoms with Crippen LogP contribution >= 0.6 is 0 Å². The third-order valence-corrected chi connectivity index (χ3v) is 5.40. The van der Waals surface area contributed by atoms with Crippen LogP contribution < -0.4 is 10.1 Å². The van der Waals surface area contributed by atoms with Gasteiger partial charge in [-0.05, 0) is 37.5 Å². The Hall–Kier alpha value is -3.20. The Morgan fingerprint density at radius 2 is 2.25 bits per heavy atom. The minimum Gasteiger partial charge on any atom is -0.479 e. The van der Waals surface area contributed by atoms with Gasteiger partial charge in [0.2, 0.25) is 11.8 Å². The molecule has 1 aliphatic rings. The van der Waals surface area contributed by atoms with Gasteiger partial charge in [0.1, 0.15) is 11.8 Å². The van der Waals surface area contributed by atoms with Gasteiger partial charge in [-0.15, -0.1) is 5.10 Å². The average molecular weight is 382 g/mol. The van der Waals surface area contributed by atoms with Gasteiger partial charge in [0.05, 0.1) is 16.8 Å². The van der Waals surface area contributed by atoms with Crippen LogP contribution in [0.5, 0.6) is 5.88 Å². The molecule has 0 aromatic carbocycles. The van der Waals surface area contributed by atoms with Crippen molar-refractivity contribution in [1.82, 2.24) is 29.2 Å². The van der Waals surface area contributed by atoms with Crippen molar-refractivity contribution >= 4 is 17.1 Å². The SMILES string of the molecule is [2H]C([2H])([2H])Oc1nc(NC2CC(O)(CC)C2)nn2ccc(-c3ccc4ncnn4c3)c12. The number of ether oxygens (including phenoxy) is 1. The van der Waals surface area contributed by atoms with E-state index in [0.717, 1.165) is 5.56 Å². The molecule has 2 N–H and O–H groups in total. The Morgan fingerprint density at radius 1 is 1.36 bits per heavy atom. The molecule has 0 aliphatic heterocycles. The molecule has 4 heterocycles. The fraction of sp³-hybridized carbons (Fsp3) is 0.368. The van der Waals surface area contributed by atoms with E-state index in [-0.39, 0.29) is 17.9 Å². The highest BCUT2D eigenvalue weighted by molar-refractivity contribution is 5.84. The Bertz CT molecular complexity index is 1260. The Balaban J connectivity index is 1.55. The summed E-state index contributed by atoms with van der Waals surface area (Å²) in [7, 11) is -2.68. The molecule has 1 fully saturated rings. The van der Waals surface area contributed by atoms with Crippen molar-refractivity contribution in [2.75, 3.05) is 12.4 Å². The summed E-state index contributed by atoms with van der Waals surface area (Å²) in [6.45, 7) is 1.94. The molecular weight excluding hydrogens is 358 g/mol. The quantitative estimate of drug-likeness (QED) is 0.545. The summed E-state index contributed by atoms with van der Waals surface area (Å²) in [5, 5.41) is 22.0. The highest BCUT2D eigenvalue weighted by Crippen LogP contribution is 2.37. The van der Waals surface area contributed by atoms with Crippen molar-refractivity contribution in [3.8, 4) is 17.0 Å². The highest BCUT2D eigenvalue weighted by atomic mass is 16.5. The largest absolute Gasteiger partial charge is 0.479 e. The lowest BCUT2D eigenvalue weighted by Crippen LogP contribution is -2.50. The third-order valence-electron chi connectivity index (χ3n) is 5.40. The number of aliphatic hydroxyl groups is 1. The second kappa shape index (κ2) is 6.16. The maximum absolute atomic E-state index is 10.2. The van der Waals surface area contributed by atoms with E-state index >= 15 is 0 Å². The van der Waals surface area contributed by atoms with Crippen LogP contribution in [0, 0.1) is 0 Å². The molecule has 9 nitrogen and oxygen atoms in total. The molecule has 4 aromatic heterocycles. The van der Waals surface area contributed by atoms with Gasteiger partial charge in [-0.25, -0.2) is 14.0 Å². The number of rotatable bonds is 5. The van der Waals surface area contributed by atoms with E-state index in [1.54, 1.807) is 21.4 Å². The summed E-state index contributed by atoms with van der Waals surface area (Å²) in [5.41, 5.74) is 1.95. The van der Waals surface area contributed by atoms with Crippen molar-refractivity contribution in [3.63, 3.8) is 0 Å². The minimum absolute atomic E-state index is 0.00719. The van der Waals surface area contributed by atoms with E-state index in [0.29, 0.717) is 36.0 Å². The van der Waals surface area contributed by atoms with Gasteiger partial charge in [-0.1, -0.05) is 6.92 Å². The predicted molar refractivity (Wildman–Crippen MR) is 103 cm³/mol. The first-order valence-corrected chi connectivity index (χ1v) is 9.10. The van der Waals surface area contributed by atoms with Gasteiger partial charge < -0.3 is 15.2 Å². The van der Waals surface area contributed by atoms with E-state index in [9.17, 15) is 5.11 Å². The second-order valence-electron chi connectivity index (χ2n) is 7.17. The summed E-state index contributed by atoms with van der Waals surface area (Å²) in [6.07, 6.45) is 6.81. The first kappa shape index (κ1) is 13.9. The van der Waals surface area contributed by atoms with E-state index in [1.807, 2.05) is 25.1 Å². The monoisotopic (exact) mass is 382 g/mol. The lowest BCUT2D eigenvalue weighted by Gasteiger charge is -2.43. The zero-order valence-corrected chi connectivity index (χ0v) is 15.2. The molecule has 0 unspecified atom stereocenters. The van der Waals surface area contributed by atoms with Crippen LogP contribution in [0.2, 0.25) is 0 Å². The molecule has 1 aliphatic carbocycles. The number of nitrogens with one attached hydrogen (secondary N) is 1. The smallest absolute Gasteiger partial charge is 0.244 e. The van der Waals surface area contributed by atoms with Gasteiger partial charge >= 0.3 is 0 Å². The average Bonchev–Trinajstić information content (AvgIpc) is 3.31. The van der Waals surface area contributed by atoms with E-state index in [2.05, 4.69) is 25.5 Å². The van der Waals surface area contributed by atoms with Crippen molar-refractivity contribution in [2.45, 2.75) is 37.8 Å². The molecule has 28 heavy (non-hydrogen) atoms. The number of fused-ring (bicyclic) bond motifs is 2. The van der Waals surface area contributed by atoms with Crippen molar-refractivity contribution < 1.29 is 14.0 Å². The molecule has 0 spiro atoms. The minimum atomic E-state index is -2.68. The lowest BCUT2D eigenvalue weighted by molar-refractivity contribution is -0.0442. The Labute approximate surface area is 165 Å². The highest BCUT2D eigenvalue weighted by Gasteiger charge is 2.41. The van der Waals surface area contributed by atoms with Crippen LogP contribution in [0.3, 0.4) is 0 Å². The maximum Gasteiger partial charge on any atom is 0.244 e. The predicted octanol–water partition coefficient (Wildman–Crippen LogP) is 2.16. The van der Waals surface area contributed by atoms with Crippen LogP contribution in [0.15, 0.2) is 36.9 Å². The maximum atomic E-state index is 10.2. The summed E-state index contributed by atoms with van der Waals surface area (Å²) < 4.78 is 31.1. The molecule has 9 heteroatoms. The van der Waals surface area contributed by atoms with Crippen LogP contribution in [-0.4, -0.2) is 53.0 Å². The fourth-order valence-corrected chi connectivity index (χ4v) is 3.76. The van der Waals surface area contributed by atoms with E-state index in [1.165, 1.54) is 6.33 Å². The molecule has 1 saturated carbocycles. The summed E-state index contributed by atoms with van der Waals surface area (Å²) >= 11 is 0. The van der Waals surface area contributed by atoms with E-state index in [4.69, 9.17) is 8.85 Å². The van der Waals surface area contributed by atoms with Crippen LogP contribution in [-0.2, 0) is 0 Å². The number of nitrogens with zero attached hydrogens (tertiary/aromatic N) is 6. The van der Waals surface area contributed by atoms with Crippen molar-refractivity contribution in [3.05, 3.63) is 36.9 Å². The molecule has 144 valence electrons. The normalized spacial score (nSPS) is 23.8. The zero-order chi connectivity index (χ0) is 21.8. The molecule has 0 saturated heterocycles. The number of aromatic nitrogens is 6. The number of methoxy groups -OCH3 is 1. The molecule has 4 aromatic rings. The van der Waals surface area contributed by atoms with Crippen molar-refractivity contribution in [1.29, 1.82) is 0 Å². The molecule has 0 amide bonds. The van der Waals surface area contributed by atoms with E-state index < -0.39 is 12.6 Å². The third kappa shape index (κ3) is 2.66. The zero-order valence-electron chi connectivity index (χ0n) is 18.2. The van der Waals surface area contributed by atoms with Gasteiger partial charge in [-0.2, -0.15) is 10.1 Å². The van der Waals surface area contributed by atoms with Crippen LogP contribution in [0.25, 0.3) is 22.3 Å². The number of hydrogen-bond donors (Lipinski definition) is 2. The molecule has 0 atom stereocenters. The topological polar surface area (TPSA) is 102 Å². The molecule has 0 bridgehead atoms. The lowest BCUT2D eigenvalue weighted by atomic mass is 9.74. The number of hydrogen-bond acceptors (Lipinski definition) is 7. The number of pyridine rings is 1. The standard InChI is InChI=1S/C19H21N7O2/c1-3-19(27)8-13(9-19)22-18-23-17(28-2)16-14(6-7-25(16)24-18)12-4-5-15-20-11-21-26(15)10-12/h4-7,10-11,13,27H,3,8-9H2,1-2H3,(H,22,24)/i2D3.